The minimum Gasteiger partial charge on any atom is -0.367 e. The number of nitrogens with zero attached hydrogens (tertiary/aromatic N) is 1. The highest BCUT2D eigenvalue weighted by Crippen LogP contribution is 2.26. The van der Waals surface area contributed by atoms with Crippen LogP contribution in [0.3, 0.4) is 0 Å². The highest BCUT2D eigenvalue weighted by atomic mass is 15.1. The maximum atomic E-state index is 5.92. The fourth-order valence-electron chi connectivity index (χ4n) is 3.17. The topological polar surface area (TPSA) is 29.3 Å². The Morgan fingerprint density at radius 3 is 2.62 bits per heavy atom. The molecule has 0 amide bonds. The van der Waals surface area contributed by atoms with E-state index in [1.54, 1.807) is 0 Å². The molecule has 2 heteroatoms. The first kappa shape index (κ1) is 14.2. The Bertz CT molecular complexity index is 631. The second-order valence-corrected chi connectivity index (χ2v) is 6.23. The van der Waals surface area contributed by atoms with Crippen molar-refractivity contribution < 1.29 is 0 Å². The SMILES string of the molecule is Cc1cc(N2CCc3ccccc3C2)ccc1CC(C)N. The van der Waals surface area contributed by atoms with Crippen LogP contribution in [0.4, 0.5) is 5.69 Å². The predicted octanol–water partition coefficient (Wildman–Crippen LogP) is 3.45. The molecule has 21 heavy (non-hydrogen) atoms. The molecule has 2 aromatic carbocycles. The minimum absolute atomic E-state index is 0.219. The van der Waals surface area contributed by atoms with Crippen LogP contribution < -0.4 is 10.6 Å². The molecule has 0 saturated heterocycles. The maximum absolute atomic E-state index is 5.92. The fraction of sp³-hybridized carbons (Fsp3) is 0.368. The van der Waals surface area contributed by atoms with Crippen molar-refractivity contribution in [1.29, 1.82) is 0 Å². The summed E-state index contributed by atoms with van der Waals surface area (Å²) >= 11 is 0. The number of nitrogens with two attached hydrogens (primary N) is 1. The summed E-state index contributed by atoms with van der Waals surface area (Å²) in [7, 11) is 0. The third-order valence-electron chi connectivity index (χ3n) is 4.36. The van der Waals surface area contributed by atoms with Crippen LogP contribution in [-0.4, -0.2) is 12.6 Å². The van der Waals surface area contributed by atoms with Crippen molar-refractivity contribution in [2.24, 2.45) is 5.73 Å². The van der Waals surface area contributed by atoms with Crippen molar-refractivity contribution >= 4 is 5.69 Å². The Morgan fingerprint density at radius 1 is 1.14 bits per heavy atom. The van der Waals surface area contributed by atoms with Gasteiger partial charge < -0.3 is 10.6 Å². The average Bonchev–Trinajstić information content (AvgIpc) is 2.48. The van der Waals surface area contributed by atoms with Gasteiger partial charge in [-0.2, -0.15) is 0 Å². The highest BCUT2D eigenvalue weighted by molar-refractivity contribution is 5.53. The van der Waals surface area contributed by atoms with Crippen molar-refractivity contribution in [3.8, 4) is 0 Å². The van der Waals surface area contributed by atoms with Gasteiger partial charge in [-0.1, -0.05) is 30.3 Å². The van der Waals surface area contributed by atoms with Gasteiger partial charge >= 0.3 is 0 Å². The molecule has 0 radical (unpaired) electrons. The molecule has 0 bridgehead atoms. The molecular formula is C19H24N2. The van der Waals surface area contributed by atoms with E-state index in [1.807, 2.05) is 0 Å². The Labute approximate surface area is 127 Å². The molecule has 1 aliphatic heterocycles. The summed E-state index contributed by atoms with van der Waals surface area (Å²) in [5.74, 6) is 0. The van der Waals surface area contributed by atoms with Crippen LogP contribution in [0.2, 0.25) is 0 Å². The molecule has 0 saturated carbocycles. The lowest BCUT2D eigenvalue weighted by atomic mass is 9.98. The van der Waals surface area contributed by atoms with Gasteiger partial charge in [0.05, 0.1) is 0 Å². The molecule has 110 valence electrons. The lowest BCUT2D eigenvalue weighted by molar-refractivity contribution is 0.725. The average molecular weight is 280 g/mol. The predicted molar refractivity (Wildman–Crippen MR) is 89.7 cm³/mol. The van der Waals surface area contributed by atoms with Crippen molar-refractivity contribution in [3.05, 3.63) is 64.7 Å². The van der Waals surface area contributed by atoms with E-state index < -0.39 is 0 Å². The number of hydrogen-bond acceptors (Lipinski definition) is 2. The van der Waals surface area contributed by atoms with Gasteiger partial charge in [-0.15, -0.1) is 0 Å². The third-order valence-corrected chi connectivity index (χ3v) is 4.36. The quantitative estimate of drug-likeness (QED) is 0.933. The van der Waals surface area contributed by atoms with Gasteiger partial charge in [-0.25, -0.2) is 0 Å². The van der Waals surface area contributed by atoms with Crippen LogP contribution in [0.15, 0.2) is 42.5 Å². The molecule has 2 N–H and O–H groups in total. The molecular weight excluding hydrogens is 256 g/mol. The summed E-state index contributed by atoms with van der Waals surface area (Å²) in [5.41, 5.74) is 12.9. The number of benzene rings is 2. The second kappa shape index (κ2) is 5.90. The monoisotopic (exact) mass is 280 g/mol. The Kier molecular flexibility index (Phi) is 3.98. The summed E-state index contributed by atoms with van der Waals surface area (Å²) in [6.07, 6.45) is 2.09. The smallest absolute Gasteiger partial charge is 0.0432 e. The van der Waals surface area contributed by atoms with Crippen molar-refractivity contribution in [2.75, 3.05) is 11.4 Å². The Hall–Kier alpha value is -1.80. The van der Waals surface area contributed by atoms with E-state index in [-0.39, 0.29) is 6.04 Å². The van der Waals surface area contributed by atoms with E-state index in [1.165, 1.54) is 27.9 Å². The highest BCUT2D eigenvalue weighted by Gasteiger charge is 2.16. The van der Waals surface area contributed by atoms with Crippen molar-refractivity contribution in [3.63, 3.8) is 0 Å². The molecule has 0 aromatic heterocycles. The first-order chi connectivity index (χ1) is 10.1. The standard InChI is InChI=1S/C19H24N2/c1-14-11-19(8-7-17(14)12-15(2)20)21-10-9-16-5-3-4-6-18(16)13-21/h3-8,11,15H,9-10,12-13,20H2,1-2H3. The van der Waals surface area contributed by atoms with Gasteiger partial charge in [0.1, 0.15) is 0 Å². The van der Waals surface area contributed by atoms with E-state index >= 15 is 0 Å². The molecule has 3 rings (SSSR count). The molecule has 0 aliphatic carbocycles. The molecule has 2 nitrogen and oxygen atoms in total. The zero-order valence-corrected chi connectivity index (χ0v) is 13.0. The van der Waals surface area contributed by atoms with Gasteiger partial charge in [0.15, 0.2) is 0 Å². The van der Waals surface area contributed by atoms with Gasteiger partial charge in [0, 0.05) is 24.8 Å². The Balaban J connectivity index is 1.81. The van der Waals surface area contributed by atoms with Crippen LogP contribution in [-0.2, 0) is 19.4 Å². The third kappa shape index (κ3) is 3.11. The van der Waals surface area contributed by atoms with E-state index in [0.717, 1.165) is 25.9 Å². The number of hydrogen-bond donors (Lipinski definition) is 1. The van der Waals surface area contributed by atoms with Gasteiger partial charge in [0.25, 0.3) is 0 Å². The van der Waals surface area contributed by atoms with Crippen LogP contribution in [0, 0.1) is 6.92 Å². The summed E-state index contributed by atoms with van der Waals surface area (Å²) in [6.45, 7) is 6.37. The molecule has 2 aromatic rings. The summed E-state index contributed by atoms with van der Waals surface area (Å²) in [5, 5.41) is 0. The van der Waals surface area contributed by atoms with Crippen molar-refractivity contribution in [2.45, 2.75) is 39.3 Å². The van der Waals surface area contributed by atoms with Crippen LogP contribution in [0.5, 0.6) is 0 Å². The Morgan fingerprint density at radius 2 is 1.90 bits per heavy atom. The van der Waals surface area contributed by atoms with Gasteiger partial charge in [0.2, 0.25) is 0 Å². The summed E-state index contributed by atoms with van der Waals surface area (Å²) in [6, 6.07) is 15.8. The lowest BCUT2D eigenvalue weighted by Crippen LogP contribution is -2.30. The van der Waals surface area contributed by atoms with Gasteiger partial charge in [-0.3, -0.25) is 0 Å². The first-order valence-corrected chi connectivity index (χ1v) is 7.80. The molecule has 0 spiro atoms. The number of fused-ring (bicyclic) bond motifs is 1. The molecule has 1 aliphatic rings. The zero-order valence-electron chi connectivity index (χ0n) is 13.0. The largest absolute Gasteiger partial charge is 0.367 e. The number of anilines is 1. The molecule has 1 heterocycles. The lowest BCUT2D eigenvalue weighted by Gasteiger charge is -2.31. The fourth-order valence-corrected chi connectivity index (χ4v) is 3.17. The van der Waals surface area contributed by atoms with E-state index in [2.05, 4.69) is 61.2 Å². The normalized spacial score (nSPS) is 15.7. The molecule has 1 unspecified atom stereocenters. The van der Waals surface area contributed by atoms with E-state index in [4.69, 9.17) is 5.73 Å². The maximum Gasteiger partial charge on any atom is 0.0432 e. The molecule has 0 fully saturated rings. The van der Waals surface area contributed by atoms with Crippen LogP contribution in [0.25, 0.3) is 0 Å². The summed E-state index contributed by atoms with van der Waals surface area (Å²) < 4.78 is 0. The number of aryl methyl sites for hydroxylation is 1. The van der Waals surface area contributed by atoms with Crippen LogP contribution in [0.1, 0.15) is 29.2 Å². The van der Waals surface area contributed by atoms with E-state index in [0.29, 0.717) is 0 Å². The first-order valence-electron chi connectivity index (χ1n) is 7.80. The molecule has 1 atom stereocenters. The second-order valence-electron chi connectivity index (χ2n) is 6.23. The van der Waals surface area contributed by atoms with Crippen LogP contribution >= 0.6 is 0 Å². The van der Waals surface area contributed by atoms with Crippen molar-refractivity contribution in [1.82, 2.24) is 0 Å². The minimum atomic E-state index is 0.219. The zero-order chi connectivity index (χ0) is 14.8. The summed E-state index contributed by atoms with van der Waals surface area (Å²) in [4.78, 5) is 2.48. The van der Waals surface area contributed by atoms with Gasteiger partial charge in [-0.05, 0) is 61.1 Å². The van der Waals surface area contributed by atoms with E-state index in [9.17, 15) is 0 Å². The number of rotatable bonds is 3.